The van der Waals surface area contributed by atoms with E-state index in [0.29, 0.717) is 5.89 Å². The van der Waals surface area contributed by atoms with Gasteiger partial charge in [-0.15, -0.1) is 10.2 Å². The Morgan fingerprint density at radius 2 is 1.70 bits per heavy atom. The number of hydrogen-bond donors (Lipinski definition) is 0. The van der Waals surface area contributed by atoms with Gasteiger partial charge in [0.15, 0.2) is 5.58 Å². The van der Waals surface area contributed by atoms with E-state index in [4.69, 9.17) is 4.42 Å². The van der Waals surface area contributed by atoms with E-state index in [1.165, 1.54) is 0 Å². The number of rotatable bonds is 2. The molecule has 0 unspecified atom stereocenters. The van der Waals surface area contributed by atoms with Crippen molar-refractivity contribution in [2.45, 2.75) is 0 Å². The van der Waals surface area contributed by atoms with Gasteiger partial charge in [0.2, 0.25) is 5.89 Å². The molecule has 0 saturated heterocycles. The average molecular weight is 262 g/mol. The van der Waals surface area contributed by atoms with Crippen molar-refractivity contribution in [3.63, 3.8) is 0 Å². The molecule has 4 aromatic rings. The topological polar surface area (TPSA) is 56.7 Å². The lowest BCUT2D eigenvalue weighted by Gasteiger charge is -1.98. The molecule has 2 aromatic heterocycles. The van der Waals surface area contributed by atoms with Crippen molar-refractivity contribution in [3.8, 4) is 17.1 Å². The first kappa shape index (κ1) is 10.9. The summed E-state index contributed by atoms with van der Waals surface area (Å²) in [4.78, 5) is 4.53. The molecule has 0 bridgehead atoms. The molecule has 0 radical (unpaired) electrons. The maximum absolute atomic E-state index is 5.77. The maximum Gasteiger partial charge on any atom is 0.227 e. The summed E-state index contributed by atoms with van der Waals surface area (Å²) >= 11 is 0. The van der Waals surface area contributed by atoms with Crippen molar-refractivity contribution in [2.75, 3.05) is 0 Å². The molecule has 0 atom stereocenters. The van der Waals surface area contributed by atoms with E-state index < -0.39 is 0 Å². The molecule has 5 heteroatoms. The molecule has 0 aliphatic heterocycles. The summed E-state index contributed by atoms with van der Waals surface area (Å²) < 4.78 is 7.60. The third-order valence-electron chi connectivity index (χ3n) is 3.11. The third kappa shape index (κ3) is 1.76. The number of oxazole rings is 1. The lowest BCUT2D eigenvalue weighted by atomic mass is 10.2. The molecule has 0 fully saturated rings. The molecule has 5 nitrogen and oxygen atoms in total. The second-order valence-corrected chi connectivity index (χ2v) is 4.41. The van der Waals surface area contributed by atoms with Crippen molar-refractivity contribution in [1.29, 1.82) is 0 Å². The molecule has 2 aromatic carbocycles. The first-order chi connectivity index (χ1) is 9.90. The van der Waals surface area contributed by atoms with Gasteiger partial charge in [-0.2, -0.15) is 0 Å². The zero-order valence-corrected chi connectivity index (χ0v) is 10.5. The van der Waals surface area contributed by atoms with E-state index in [1.807, 2.05) is 53.1 Å². The van der Waals surface area contributed by atoms with Crippen molar-refractivity contribution in [3.05, 3.63) is 61.2 Å². The van der Waals surface area contributed by atoms with Crippen LogP contribution in [0.4, 0.5) is 0 Å². The largest absolute Gasteiger partial charge is 0.436 e. The smallest absolute Gasteiger partial charge is 0.227 e. The van der Waals surface area contributed by atoms with E-state index in [9.17, 15) is 0 Å². The number of fused-ring (bicyclic) bond motifs is 1. The fourth-order valence-electron chi connectivity index (χ4n) is 2.11. The summed E-state index contributed by atoms with van der Waals surface area (Å²) in [6.45, 7) is 0. The van der Waals surface area contributed by atoms with E-state index in [-0.39, 0.29) is 0 Å². The summed E-state index contributed by atoms with van der Waals surface area (Å²) in [6, 6.07) is 15.7. The first-order valence-electron chi connectivity index (χ1n) is 6.21. The minimum Gasteiger partial charge on any atom is -0.436 e. The molecule has 20 heavy (non-hydrogen) atoms. The molecule has 0 amide bonds. The van der Waals surface area contributed by atoms with Crippen LogP contribution in [0.3, 0.4) is 0 Å². The normalized spacial score (nSPS) is 11.0. The second kappa shape index (κ2) is 4.31. The fraction of sp³-hybridized carbons (Fsp3) is 0. The Labute approximate surface area is 114 Å². The van der Waals surface area contributed by atoms with Gasteiger partial charge in [-0.3, -0.25) is 4.57 Å². The Hall–Kier alpha value is -2.95. The predicted molar refractivity (Wildman–Crippen MR) is 74.4 cm³/mol. The number of benzene rings is 2. The molecule has 2 heterocycles. The van der Waals surface area contributed by atoms with Gasteiger partial charge in [-0.25, -0.2) is 4.98 Å². The van der Waals surface area contributed by atoms with Gasteiger partial charge in [0.05, 0.1) is 5.69 Å². The monoisotopic (exact) mass is 262 g/mol. The molecule has 0 aliphatic rings. The summed E-state index contributed by atoms with van der Waals surface area (Å²) in [5.41, 5.74) is 3.50. The van der Waals surface area contributed by atoms with Crippen LogP contribution < -0.4 is 0 Å². The maximum atomic E-state index is 5.77. The minimum atomic E-state index is 0.626. The summed E-state index contributed by atoms with van der Waals surface area (Å²) in [5, 5.41) is 7.60. The van der Waals surface area contributed by atoms with Crippen LogP contribution in [0.5, 0.6) is 0 Å². The van der Waals surface area contributed by atoms with Gasteiger partial charge < -0.3 is 4.42 Å². The van der Waals surface area contributed by atoms with Crippen LogP contribution in [-0.2, 0) is 0 Å². The second-order valence-electron chi connectivity index (χ2n) is 4.41. The van der Waals surface area contributed by atoms with Crippen LogP contribution in [0.25, 0.3) is 28.2 Å². The minimum absolute atomic E-state index is 0.626. The van der Waals surface area contributed by atoms with Crippen LogP contribution in [0.15, 0.2) is 65.6 Å². The summed E-state index contributed by atoms with van der Waals surface area (Å²) in [5.74, 6) is 0.626. The van der Waals surface area contributed by atoms with Gasteiger partial charge in [0.25, 0.3) is 0 Å². The van der Waals surface area contributed by atoms with Gasteiger partial charge in [-0.1, -0.05) is 18.2 Å². The molecule has 4 rings (SSSR count). The van der Waals surface area contributed by atoms with Gasteiger partial charge in [0, 0.05) is 5.56 Å². The molecule has 96 valence electrons. The molecule has 0 saturated carbocycles. The zero-order valence-electron chi connectivity index (χ0n) is 10.5. The number of nitrogens with zero attached hydrogens (tertiary/aromatic N) is 4. The van der Waals surface area contributed by atoms with E-state index >= 15 is 0 Å². The Morgan fingerprint density at radius 1 is 0.900 bits per heavy atom. The first-order valence-corrected chi connectivity index (χ1v) is 6.21. The highest BCUT2D eigenvalue weighted by Gasteiger charge is 2.08. The van der Waals surface area contributed by atoms with Crippen molar-refractivity contribution in [1.82, 2.24) is 19.7 Å². The molecule has 0 N–H and O–H groups in total. The van der Waals surface area contributed by atoms with Crippen LogP contribution in [0, 0.1) is 0 Å². The molecular formula is C15H10N4O. The standard InChI is InChI=1S/C15H10N4O/c1-2-4-11(5-3-1)15-18-13-8-12(6-7-14(13)20-15)19-9-16-17-10-19/h1-10H. The van der Waals surface area contributed by atoms with Crippen molar-refractivity contribution < 1.29 is 4.42 Å². The highest BCUT2D eigenvalue weighted by molar-refractivity contribution is 5.78. The Bertz CT molecular complexity index is 850. The lowest BCUT2D eigenvalue weighted by molar-refractivity contribution is 0.620. The van der Waals surface area contributed by atoms with Gasteiger partial charge >= 0.3 is 0 Å². The van der Waals surface area contributed by atoms with Crippen molar-refractivity contribution >= 4 is 11.1 Å². The fourth-order valence-corrected chi connectivity index (χ4v) is 2.11. The SMILES string of the molecule is c1ccc(-c2nc3cc(-n4cnnc4)ccc3o2)cc1. The van der Waals surface area contributed by atoms with Crippen LogP contribution in [-0.4, -0.2) is 19.7 Å². The van der Waals surface area contributed by atoms with E-state index in [2.05, 4.69) is 15.2 Å². The summed E-state index contributed by atoms with van der Waals surface area (Å²) in [7, 11) is 0. The van der Waals surface area contributed by atoms with Crippen LogP contribution >= 0.6 is 0 Å². The molecule has 0 spiro atoms. The van der Waals surface area contributed by atoms with Crippen LogP contribution in [0.1, 0.15) is 0 Å². The average Bonchev–Trinajstić information content (AvgIpc) is 3.16. The highest BCUT2D eigenvalue weighted by Crippen LogP contribution is 2.25. The number of hydrogen-bond acceptors (Lipinski definition) is 4. The number of aromatic nitrogens is 4. The van der Waals surface area contributed by atoms with Crippen molar-refractivity contribution in [2.24, 2.45) is 0 Å². The quantitative estimate of drug-likeness (QED) is 0.557. The molecular weight excluding hydrogens is 252 g/mol. The lowest BCUT2D eigenvalue weighted by Crippen LogP contribution is -1.88. The van der Waals surface area contributed by atoms with E-state index in [1.54, 1.807) is 12.7 Å². The Kier molecular flexibility index (Phi) is 2.35. The Morgan fingerprint density at radius 3 is 2.50 bits per heavy atom. The summed E-state index contributed by atoms with van der Waals surface area (Å²) in [6.07, 6.45) is 3.30. The van der Waals surface area contributed by atoms with Gasteiger partial charge in [0.1, 0.15) is 18.2 Å². The Balaban J connectivity index is 1.84. The van der Waals surface area contributed by atoms with Gasteiger partial charge in [-0.05, 0) is 30.3 Å². The third-order valence-corrected chi connectivity index (χ3v) is 3.11. The predicted octanol–water partition coefficient (Wildman–Crippen LogP) is 3.08. The molecule has 0 aliphatic carbocycles. The van der Waals surface area contributed by atoms with E-state index in [0.717, 1.165) is 22.4 Å². The van der Waals surface area contributed by atoms with Crippen LogP contribution in [0.2, 0.25) is 0 Å². The highest BCUT2D eigenvalue weighted by atomic mass is 16.3. The zero-order chi connectivity index (χ0) is 13.4.